The molecule has 0 saturated heterocycles. The smallest absolute Gasteiger partial charge is 0.293 e. The molecule has 4 rings (SSSR count). The second-order valence-electron chi connectivity index (χ2n) is 6.99. The van der Waals surface area contributed by atoms with Crippen LogP contribution in [-0.4, -0.2) is 24.9 Å². The van der Waals surface area contributed by atoms with E-state index in [1.807, 2.05) is 0 Å². The Hall–Kier alpha value is -4.27. The van der Waals surface area contributed by atoms with Crippen LogP contribution in [0.15, 0.2) is 83.0 Å². The van der Waals surface area contributed by atoms with Gasteiger partial charge in [0.2, 0.25) is 0 Å². The summed E-state index contributed by atoms with van der Waals surface area (Å²) >= 11 is 0. The molecule has 0 bridgehead atoms. The topological polar surface area (TPSA) is 138 Å². The average Bonchev–Trinajstić information content (AvgIpc) is 2.79. The Morgan fingerprint density at radius 1 is 1.06 bits per heavy atom. The Kier molecular flexibility index (Phi) is 4.86. The van der Waals surface area contributed by atoms with Gasteiger partial charge >= 0.3 is 0 Å². The Morgan fingerprint density at radius 3 is 2.42 bits per heavy atom. The maximum Gasteiger partial charge on any atom is 0.293 e. The minimum Gasteiger partial charge on any atom is -0.497 e. The first kappa shape index (κ1) is 20.0. The van der Waals surface area contributed by atoms with Crippen molar-refractivity contribution in [1.82, 2.24) is 5.32 Å². The van der Waals surface area contributed by atoms with E-state index in [0.29, 0.717) is 39.6 Å². The molecule has 0 aromatic heterocycles. The van der Waals surface area contributed by atoms with E-state index in [9.17, 15) is 10.1 Å². The molecule has 0 radical (unpaired) electrons. The van der Waals surface area contributed by atoms with E-state index in [1.54, 1.807) is 54.6 Å². The molecule has 0 saturated carbocycles. The highest BCUT2D eigenvalue weighted by atomic mass is 16.6. The largest absolute Gasteiger partial charge is 0.497 e. The predicted molar refractivity (Wildman–Crippen MR) is 117 cm³/mol. The van der Waals surface area contributed by atoms with Crippen LogP contribution >= 0.6 is 0 Å². The lowest BCUT2D eigenvalue weighted by Crippen LogP contribution is -2.43. The van der Waals surface area contributed by atoms with Crippen LogP contribution in [0.2, 0.25) is 0 Å². The van der Waals surface area contributed by atoms with E-state index >= 15 is 0 Å². The highest BCUT2D eigenvalue weighted by Crippen LogP contribution is 2.46. The molecule has 1 aliphatic carbocycles. The molecule has 158 valence electrons. The zero-order chi connectivity index (χ0) is 22.2. The first-order chi connectivity index (χ1) is 14.9. The predicted octanol–water partition coefficient (Wildman–Crippen LogP) is 2.25. The quantitative estimate of drug-likeness (QED) is 0.499. The first-order valence-corrected chi connectivity index (χ1v) is 9.39. The van der Waals surface area contributed by atoms with E-state index in [4.69, 9.17) is 20.9 Å². The van der Waals surface area contributed by atoms with Gasteiger partial charge in [-0.05, 0) is 35.9 Å². The Labute approximate surface area is 178 Å². The number of allylic oxidation sites excluding steroid dienone is 1. The molecule has 1 heterocycles. The lowest BCUT2D eigenvalue weighted by molar-refractivity contribution is -0.544. The molecule has 0 amide bonds. The molecule has 1 unspecified atom stereocenters. The highest BCUT2D eigenvalue weighted by Gasteiger charge is 2.51. The van der Waals surface area contributed by atoms with Gasteiger partial charge in [0.15, 0.2) is 5.82 Å². The molecule has 0 fully saturated rings. The Balaban J connectivity index is 2.07. The molecule has 1 aliphatic heterocycles. The van der Waals surface area contributed by atoms with Crippen molar-refractivity contribution in [2.75, 3.05) is 14.2 Å². The fourth-order valence-corrected chi connectivity index (χ4v) is 3.79. The van der Waals surface area contributed by atoms with Crippen LogP contribution in [0.25, 0.3) is 5.57 Å². The lowest BCUT2D eigenvalue weighted by atomic mass is 9.74. The molecule has 2 aromatic carbocycles. The van der Waals surface area contributed by atoms with Crippen molar-refractivity contribution in [2.45, 2.75) is 5.54 Å². The minimum atomic E-state index is -1.74. The SMILES string of the molecule is COc1cccc(C2=C3NC(N)=C(N)N=C3C=CC2(c2cccc(OC)c2)[N+](=O)[O-])c1. The second kappa shape index (κ2) is 7.52. The highest BCUT2D eigenvalue weighted by molar-refractivity contribution is 6.16. The van der Waals surface area contributed by atoms with Crippen molar-refractivity contribution in [3.05, 3.63) is 99.3 Å². The number of ether oxygens (including phenoxy) is 2. The van der Waals surface area contributed by atoms with Gasteiger partial charge in [-0.2, -0.15) is 0 Å². The monoisotopic (exact) mass is 419 g/mol. The fourth-order valence-electron chi connectivity index (χ4n) is 3.79. The first-order valence-electron chi connectivity index (χ1n) is 9.39. The van der Waals surface area contributed by atoms with E-state index in [2.05, 4.69) is 10.3 Å². The van der Waals surface area contributed by atoms with Crippen LogP contribution in [0.4, 0.5) is 0 Å². The van der Waals surface area contributed by atoms with Gasteiger partial charge in [-0.15, -0.1) is 0 Å². The van der Waals surface area contributed by atoms with Crippen molar-refractivity contribution >= 4 is 11.3 Å². The van der Waals surface area contributed by atoms with Crippen LogP contribution < -0.4 is 26.3 Å². The second-order valence-corrected chi connectivity index (χ2v) is 6.99. The maximum atomic E-state index is 12.7. The van der Waals surface area contributed by atoms with Gasteiger partial charge in [0.25, 0.3) is 5.54 Å². The summed E-state index contributed by atoms with van der Waals surface area (Å²) in [6, 6.07) is 13.8. The summed E-state index contributed by atoms with van der Waals surface area (Å²) in [6.45, 7) is 0. The lowest BCUT2D eigenvalue weighted by Gasteiger charge is -2.33. The van der Waals surface area contributed by atoms with E-state index in [-0.39, 0.29) is 16.6 Å². The van der Waals surface area contributed by atoms with E-state index in [1.165, 1.54) is 20.3 Å². The van der Waals surface area contributed by atoms with Gasteiger partial charge < -0.3 is 26.3 Å². The zero-order valence-electron chi connectivity index (χ0n) is 17.0. The molecule has 0 spiro atoms. The number of hydrogen-bond donors (Lipinski definition) is 3. The molecule has 1 atom stereocenters. The van der Waals surface area contributed by atoms with Gasteiger partial charge in [0.05, 0.1) is 31.2 Å². The van der Waals surface area contributed by atoms with Gasteiger partial charge in [-0.3, -0.25) is 10.1 Å². The molecular formula is C22H21N5O4. The third kappa shape index (κ3) is 3.16. The number of fused-ring (bicyclic) bond motifs is 1. The molecular weight excluding hydrogens is 398 g/mol. The van der Waals surface area contributed by atoms with Gasteiger partial charge in [-0.1, -0.05) is 24.3 Å². The van der Waals surface area contributed by atoms with E-state index < -0.39 is 5.54 Å². The average molecular weight is 419 g/mol. The molecule has 31 heavy (non-hydrogen) atoms. The summed E-state index contributed by atoms with van der Waals surface area (Å²) in [7, 11) is 3.05. The van der Waals surface area contributed by atoms with Gasteiger partial charge in [-0.25, -0.2) is 4.99 Å². The standard InChI is InChI=1S/C22H21N5O4/c1-30-15-7-3-5-13(11-15)18-19-17(25-20(23)21(24)26-19)9-10-22(18,27(28)29)14-6-4-8-16(12-14)31-2/h3-12,26H,23-24H2,1-2H3. The zero-order valence-corrected chi connectivity index (χ0v) is 17.0. The fraction of sp³-hybridized carbons (Fsp3) is 0.136. The van der Waals surface area contributed by atoms with Crippen LogP contribution in [0, 0.1) is 10.1 Å². The van der Waals surface area contributed by atoms with Crippen molar-refractivity contribution in [3.63, 3.8) is 0 Å². The van der Waals surface area contributed by atoms with Crippen molar-refractivity contribution in [1.29, 1.82) is 0 Å². The summed E-state index contributed by atoms with van der Waals surface area (Å²) in [5.41, 5.74) is 12.3. The number of rotatable bonds is 5. The molecule has 2 aromatic rings. The number of nitro groups is 1. The summed E-state index contributed by atoms with van der Waals surface area (Å²) in [6.07, 6.45) is 3.09. The van der Waals surface area contributed by atoms with Crippen LogP contribution in [-0.2, 0) is 5.54 Å². The Morgan fingerprint density at radius 2 is 1.74 bits per heavy atom. The van der Waals surface area contributed by atoms with Crippen LogP contribution in [0.5, 0.6) is 11.5 Å². The molecule has 5 N–H and O–H groups in total. The number of hydrogen-bond acceptors (Lipinski definition) is 8. The third-order valence-electron chi connectivity index (χ3n) is 5.30. The third-order valence-corrected chi connectivity index (χ3v) is 5.30. The van der Waals surface area contributed by atoms with Crippen molar-refractivity contribution in [3.8, 4) is 11.5 Å². The number of benzene rings is 2. The number of aliphatic imine (C=N–C) groups is 1. The molecule has 9 nitrogen and oxygen atoms in total. The minimum absolute atomic E-state index is 0.114. The maximum absolute atomic E-state index is 12.7. The molecule has 9 heteroatoms. The van der Waals surface area contributed by atoms with Gasteiger partial charge in [0.1, 0.15) is 17.3 Å². The van der Waals surface area contributed by atoms with Crippen molar-refractivity contribution in [2.24, 2.45) is 16.5 Å². The normalized spacial score (nSPS) is 20.0. The van der Waals surface area contributed by atoms with Crippen LogP contribution in [0.3, 0.4) is 0 Å². The number of methoxy groups -OCH3 is 2. The number of nitrogens with two attached hydrogens (primary N) is 2. The van der Waals surface area contributed by atoms with E-state index in [0.717, 1.165) is 0 Å². The van der Waals surface area contributed by atoms with Crippen molar-refractivity contribution < 1.29 is 14.4 Å². The number of nitrogens with one attached hydrogen (secondary N) is 1. The number of nitrogens with zero attached hydrogens (tertiary/aromatic N) is 2. The summed E-state index contributed by atoms with van der Waals surface area (Å²) in [5, 5.41) is 15.8. The summed E-state index contributed by atoms with van der Waals surface area (Å²) < 4.78 is 10.7. The molecule has 2 aliphatic rings. The Bertz CT molecular complexity index is 1200. The van der Waals surface area contributed by atoms with Gasteiger partial charge in [0, 0.05) is 16.6 Å². The summed E-state index contributed by atoms with van der Waals surface area (Å²) in [5.74, 6) is 1.29. The summed E-state index contributed by atoms with van der Waals surface area (Å²) in [4.78, 5) is 16.7. The van der Waals surface area contributed by atoms with Crippen LogP contribution in [0.1, 0.15) is 11.1 Å².